The van der Waals surface area contributed by atoms with E-state index in [9.17, 15) is 26.7 Å². The molecule has 0 spiro atoms. The number of carbonyl (C=O) groups excluding carboxylic acids is 1. The van der Waals surface area contributed by atoms with Crippen molar-refractivity contribution in [3.8, 4) is 0 Å². The maximum absolute atomic E-state index is 13.8. The molecule has 0 saturated carbocycles. The van der Waals surface area contributed by atoms with Gasteiger partial charge in [0.15, 0.2) is 23.3 Å². The van der Waals surface area contributed by atoms with Gasteiger partial charge in [0.2, 0.25) is 11.7 Å². The highest BCUT2D eigenvalue weighted by Gasteiger charge is 2.32. The minimum Gasteiger partial charge on any atom is -0.317 e. The van der Waals surface area contributed by atoms with E-state index in [4.69, 9.17) is 0 Å². The van der Waals surface area contributed by atoms with Crippen molar-refractivity contribution in [2.24, 2.45) is 5.41 Å². The molecule has 1 aromatic heterocycles. The molecule has 1 atom stereocenters. The number of allylic oxidation sites excluding steroid dienone is 8. The van der Waals surface area contributed by atoms with Gasteiger partial charge in [-0.2, -0.15) is 0 Å². The van der Waals surface area contributed by atoms with Crippen molar-refractivity contribution >= 4 is 23.5 Å². The number of halogens is 5. The Morgan fingerprint density at radius 1 is 1.05 bits per heavy atom. The number of anilines is 1. The van der Waals surface area contributed by atoms with Crippen LogP contribution in [0.15, 0.2) is 77.5 Å². The van der Waals surface area contributed by atoms with E-state index in [1.807, 2.05) is 29.2 Å². The van der Waals surface area contributed by atoms with Gasteiger partial charge in [-0.15, -0.1) is 0 Å². The second-order valence-corrected chi connectivity index (χ2v) is 11.2. The molecule has 1 unspecified atom stereocenters. The number of nitrogens with zero attached hydrogens (tertiary/aromatic N) is 2. The average Bonchev–Trinajstić information content (AvgIpc) is 3.39. The quantitative estimate of drug-likeness (QED) is 0.116. The topological polar surface area (TPSA) is 46.9 Å². The van der Waals surface area contributed by atoms with E-state index < -0.39 is 40.7 Å². The third kappa shape index (κ3) is 7.38. The van der Waals surface area contributed by atoms with Crippen LogP contribution in [-0.4, -0.2) is 20.1 Å². The van der Waals surface area contributed by atoms with Crippen molar-refractivity contribution in [3.05, 3.63) is 107 Å². The fourth-order valence-electron chi connectivity index (χ4n) is 4.25. The summed E-state index contributed by atoms with van der Waals surface area (Å²) in [6.45, 7) is 10.1. The number of nitrogens with one attached hydrogen (secondary N) is 1. The van der Waals surface area contributed by atoms with Crippen LogP contribution < -0.4 is 5.32 Å². The molecule has 1 aromatic carbocycles. The summed E-state index contributed by atoms with van der Waals surface area (Å²) in [5.74, 6) is -11.8. The highest BCUT2D eigenvalue weighted by Crippen LogP contribution is 2.44. The van der Waals surface area contributed by atoms with E-state index in [0.29, 0.717) is 10.8 Å². The van der Waals surface area contributed by atoms with Crippen LogP contribution in [0.2, 0.25) is 0 Å². The highest BCUT2D eigenvalue weighted by atomic mass is 32.2. The van der Waals surface area contributed by atoms with E-state index in [-0.39, 0.29) is 5.41 Å². The molecule has 39 heavy (non-hydrogen) atoms. The normalized spacial score (nSPS) is 18.5. The van der Waals surface area contributed by atoms with Crippen molar-refractivity contribution in [1.82, 2.24) is 8.96 Å². The highest BCUT2D eigenvalue weighted by molar-refractivity contribution is 7.98. The van der Waals surface area contributed by atoms with Crippen LogP contribution in [0, 0.1) is 34.5 Å². The van der Waals surface area contributed by atoms with Gasteiger partial charge >= 0.3 is 0 Å². The molecule has 0 saturated heterocycles. The second-order valence-electron chi connectivity index (χ2n) is 9.96. The molecular weight excluding hydrogens is 533 g/mol. The average molecular weight is 564 g/mol. The summed E-state index contributed by atoms with van der Waals surface area (Å²) >= 11 is 1.75. The Hall–Kier alpha value is -3.40. The molecule has 10 heteroatoms. The lowest BCUT2D eigenvalue weighted by atomic mass is 9.72. The third-order valence-electron chi connectivity index (χ3n) is 6.45. The molecule has 3 rings (SSSR count). The number of aromatic nitrogens is 2. The van der Waals surface area contributed by atoms with Crippen LogP contribution in [0.3, 0.4) is 0 Å². The standard InChI is InChI=1S/C29H30F5N3OS/c1-17(9-10-20-19(3)21(11-12-29(20,4)5)39-37-14-13-35-16-37)7-6-8-18(2)15-22(38)36-28-26(33)24(31)23(30)25(32)27(28)34/h6-10,13-16,21H,11-12H2,1-5H3,(H,36,38)/b8-6+,10-9+,17-7+,18-15+. The number of rotatable bonds is 8. The molecule has 1 heterocycles. The van der Waals surface area contributed by atoms with Crippen molar-refractivity contribution < 1.29 is 26.7 Å². The first-order valence-electron chi connectivity index (χ1n) is 12.2. The van der Waals surface area contributed by atoms with Crippen LogP contribution >= 0.6 is 11.9 Å². The molecule has 4 nitrogen and oxygen atoms in total. The molecule has 0 radical (unpaired) electrons. The molecule has 208 valence electrons. The fraction of sp³-hybridized carbons (Fsp3) is 0.310. The zero-order valence-electron chi connectivity index (χ0n) is 22.3. The van der Waals surface area contributed by atoms with Crippen molar-refractivity contribution in [3.63, 3.8) is 0 Å². The number of amides is 1. The molecule has 1 N–H and O–H groups in total. The van der Waals surface area contributed by atoms with Gasteiger partial charge in [0.25, 0.3) is 0 Å². The van der Waals surface area contributed by atoms with Crippen molar-refractivity contribution in [2.45, 2.75) is 52.7 Å². The van der Waals surface area contributed by atoms with Crippen LogP contribution in [0.4, 0.5) is 27.6 Å². The Kier molecular flexibility index (Phi) is 9.77. The lowest BCUT2D eigenvalue weighted by Gasteiger charge is -2.37. The summed E-state index contributed by atoms with van der Waals surface area (Å²) in [7, 11) is 0. The molecule has 0 fully saturated rings. The van der Waals surface area contributed by atoms with Gasteiger partial charge < -0.3 is 5.32 Å². The molecule has 1 aliphatic carbocycles. The SMILES string of the molecule is CC1=C(/C=C/C(C)=C/C=C/C(C)=C/C(=O)Nc2c(F)c(F)c(F)c(F)c2F)C(C)(C)CCC1Sn1ccnc1. The van der Waals surface area contributed by atoms with E-state index >= 15 is 0 Å². The first-order chi connectivity index (χ1) is 18.3. The Morgan fingerprint density at radius 3 is 2.31 bits per heavy atom. The maximum atomic E-state index is 13.8. The summed E-state index contributed by atoms with van der Waals surface area (Å²) in [6, 6.07) is 0. The van der Waals surface area contributed by atoms with Gasteiger partial charge in [0, 0.05) is 23.7 Å². The van der Waals surface area contributed by atoms with Gasteiger partial charge in [-0.3, -0.25) is 8.77 Å². The largest absolute Gasteiger partial charge is 0.317 e. The predicted octanol–water partition coefficient (Wildman–Crippen LogP) is 8.22. The molecule has 2 aromatic rings. The number of hydrogen-bond acceptors (Lipinski definition) is 3. The summed E-state index contributed by atoms with van der Waals surface area (Å²) in [5, 5.41) is 2.07. The molecule has 0 bridgehead atoms. The van der Waals surface area contributed by atoms with Crippen LogP contribution in [-0.2, 0) is 4.79 Å². The Labute approximate surface area is 229 Å². The van der Waals surface area contributed by atoms with Crippen molar-refractivity contribution in [1.29, 1.82) is 0 Å². The molecular formula is C29H30F5N3OS. The number of carbonyl (C=O) groups is 1. The van der Waals surface area contributed by atoms with Crippen LogP contribution in [0.25, 0.3) is 0 Å². The minimum absolute atomic E-state index is 0.0324. The van der Waals surface area contributed by atoms with Gasteiger partial charge in [0.05, 0.1) is 0 Å². The zero-order valence-corrected chi connectivity index (χ0v) is 23.1. The summed E-state index contributed by atoms with van der Waals surface area (Å²) in [6.07, 6.45) is 17.9. The Balaban J connectivity index is 1.68. The van der Waals surface area contributed by atoms with Gasteiger partial charge in [-0.05, 0) is 62.1 Å². The van der Waals surface area contributed by atoms with Crippen LogP contribution in [0.1, 0.15) is 47.5 Å². The maximum Gasteiger partial charge on any atom is 0.248 e. The Morgan fingerprint density at radius 2 is 1.69 bits per heavy atom. The first kappa shape index (κ1) is 30.1. The van der Waals surface area contributed by atoms with Gasteiger partial charge in [-0.1, -0.05) is 55.4 Å². The van der Waals surface area contributed by atoms with E-state index in [1.165, 1.54) is 11.1 Å². The second kappa shape index (κ2) is 12.6. The van der Waals surface area contributed by atoms with E-state index in [2.05, 4.69) is 31.8 Å². The monoisotopic (exact) mass is 563 g/mol. The number of imidazole rings is 1. The Bertz CT molecular complexity index is 1360. The molecule has 0 aliphatic heterocycles. The van der Waals surface area contributed by atoms with Gasteiger partial charge in [0.1, 0.15) is 12.0 Å². The molecule has 1 aliphatic rings. The molecule has 1 amide bonds. The van der Waals surface area contributed by atoms with E-state index in [1.54, 1.807) is 48.9 Å². The van der Waals surface area contributed by atoms with Crippen LogP contribution in [0.5, 0.6) is 0 Å². The number of benzene rings is 1. The fourth-order valence-corrected chi connectivity index (χ4v) is 5.28. The first-order valence-corrected chi connectivity index (χ1v) is 13.1. The lowest BCUT2D eigenvalue weighted by molar-refractivity contribution is -0.112. The van der Waals surface area contributed by atoms with Crippen molar-refractivity contribution in [2.75, 3.05) is 5.32 Å². The number of hydrogen-bond donors (Lipinski definition) is 1. The summed E-state index contributed by atoms with van der Waals surface area (Å²) in [4.78, 5) is 16.2. The van der Waals surface area contributed by atoms with Gasteiger partial charge in [-0.25, -0.2) is 26.9 Å². The smallest absolute Gasteiger partial charge is 0.248 e. The minimum atomic E-state index is -2.29. The lowest BCUT2D eigenvalue weighted by Crippen LogP contribution is -2.26. The summed E-state index contributed by atoms with van der Waals surface area (Å²) in [5.41, 5.74) is 2.59. The van der Waals surface area contributed by atoms with E-state index in [0.717, 1.165) is 24.5 Å². The zero-order chi connectivity index (χ0) is 28.9. The predicted molar refractivity (Wildman–Crippen MR) is 145 cm³/mol. The summed E-state index contributed by atoms with van der Waals surface area (Å²) < 4.78 is 69.4. The third-order valence-corrected chi connectivity index (χ3v) is 7.75.